The van der Waals surface area contributed by atoms with E-state index in [1.165, 1.54) is 55.3 Å². The molecule has 0 N–H and O–H groups in total. The number of aryl methyl sites for hydroxylation is 1. The number of allylic oxidation sites excluding steroid dienone is 1. The van der Waals surface area contributed by atoms with Gasteiger partial charge in [-0.2, -0.15) is 0 Å². The van der Waals surface area contributed by atoms with E-state index in [0.717, 1.165) is 30.0 Å². The Morgan fingerprint density at radius 1 is 0.615 bits per heavy atom. The molecule has 0 saturated heterocycles. The van der Waals surface area contributed by atoms with Crippen molar-refractivity contribution < 1.29 is 0 Å². The summed E-state index contributed by atoms with van der Waals surface area (Å²) in [6.07, 6.45) is 8.72. The summed E-state index contributed by atoms with van der Waals surface area (Å²) in [6, 6.07) is 41.4. The molecule has 0 radical (unpaired) electrons. The molecule has 8 rings (SSSR count). The number of para-hydroxylation sites is 1. The monoisotopic (exact) mass is 498 g/mol. The first kappa shape index (κ1) is 22.1. The molecule has 0 aliphatic heterocycles. The van der Waals surface area contributed by atoms with Crippen LogP contribution in [0.3, 0.4) is 0 Å². The SMILES string of the molecule is C1=Cc2c(cc3c(-c4ccc(N(c5ccccc5)c5ccccn5)cc4)ccc4c3c2-c2ccccc2-4)CC1. The van der Waals surface area contributed by atoms with Crippen LogP contribution in [0.5, 0.6) is 0 Å². The summed E-state index contributed by atoms with van der Waals surface area (Å²) in [7, 11) is 0. The first-order chi connectivity index (χ1) is 19.4. The highest BCUT2D eigenvalue weighted by atomic mass is 15.2. The lowest BCUT2D eigenvalue weighted by Gasteiger charge is -2.24. The number of nitrogens with zero attached hydrogens (tertiary/aromatic N) is 2. The molecule has 2 aliphatic rings. The normalized spacial score (nSPS) is 12.8. The molecule has 6 aromatic rings. The molecule has 0 fully saturated rings. The maximum atomic E-state index is 4.66. The van der Waals surface area contributed by atoms with Gasteiger partial charge in [-0.05, 0) is 111 Å². The lowest BCUT2D eigenvalue weighted by molar-refractivity contribution is 0.990. The Morgan fingerprint density at radius 3 is 2.18 bits per heavy atom. The molecular weight excluding hydrogens is 472 g/mol. The molecule has 2 heteroatoms. The maximum absolute atomic E-state index is 4.66. The molecule has 184 valence electrons. The highest BCUT2D eigenvalue weighted by Crippen LogP contribution is 2.52. The van der Waals surface area contributed by atoms with Gasteiger partial charge in [0.25, 0.3) is 0 Å². The molecule has 5 aromatic carbocycles. The van der Waals surface area contributed by atoms with E-state index >= 15 is 0 Å². The minimum Gasteiger partial charge on any atom is -0.295 e. The second-order valence-electron chi connectivity index (χ2n) is 10.3. The number of fused-ring (bicyclic) bond motifs is 5. The topological polar surface area (TPSA) is 16.1 Å². The number of pyridine rings is 1. The van der Waals surface area contributed by atoms with Gasteiger partial charge in [-0.15, -0.1) is 0 Å². The number of aromatic nitrogens is 1. The second kappa shape index (κ2) is 8.82. The zero-order valence-corrected chi connectivity index (χ0v) is 21.5. The van der Waals surface area contributed by atoms with Crippen molar-refractivity contribution in [3.05, 3.63) is 139 Å². The van der Waals surface area contributed by atoms with Gasteiger partial charge in [-0.1, -0.05) is 84.9 Å². The molecule has 1 heterocycles. The zero-order valence-electron chi connectivity index (χ0n) is 21.5. The van der Waals surface area contributed by atoms with Crippen molar-refractivity contribution in [1.82, 2.24) is 4.98 Å². The lowest BCUT2D eigenvalue weighted by atomic mass is 9.86. The third-order valence-corrected chi connectivity index (χ3v) is 8.11. The van der Waals surface area contributed by atoms with Crippen LogP contribution < -0.4 is 4.90 Å². The van der Waals surface area contributed by atoms with Crippen molar-refractivity contribution >= 4 is 34.0 Å². The molecule has 2 aliphatic carbocycles. The van der Waals surface area contributed by atoms with Gasteiger partial charge in [0.2, 0.25) is 0 Å². The summed E-state index contributed by atoms with van der Waals surface area (Å²) in [5.41, 5.74) is 13.0. The minimum atomic E-state index is 0.902. The van der Waals surface area contributed by atoms with Crippen LogP contribution in [0.1, 0.15) is 17.5 Å². The van der Waals surface area contributed by atoms with Gasteiger partial charge >= 0.3 is 0 Å². The summed E-state index contributed by atoms with van der Waals surface area (Å²) >= 11 is 0. The third kappa shape index (κ3) is 3.45. The number of anilines is 3. The smallest absolute Gasteiger partial charge is 0.137 e. The highest BCUT2D eigenvalue weighted by Gasteiger charge is 2.27. The number of benzene rings is 5. The first-order valence-corrected chi connectivity index (χ1v) is 13.6. The van der Waals surface area contributed by atoms with Crippen LogP contribution in [0.2, 0.25) is 0 Å². The first-order valence-electron chi connectivity index (χ1n) is 13.6. The Bertz CT molecular complexity index is 1850. The van der Waals surface area contributed by atoms with Crippen molar-refractivity contribution in [3.8, 4) is 33.4 Å². The largest absolute Gasteiger partial charge is 0.295 e. The molecule has 1 aromatic heterocycles. The Hall–Kier alpha value is -4.95. The van der Waals surface area contributed by atoms with Crippen molar-refractivity contribution in [2.24, 2.45) is 0 Å². The van der Waals surface area contributed by atoms with Gasteiger partial charge in [0.1, 0.15) is 5.82 Å². The van der Waals surface area contributed by atoms with Crippen LogP contribution >= 0.6 is 0 Å². The van der Waals surface area contributed by atoms with E-state index in [2.05, 4.69) is 119 Å². The number of hydrogen-bond acceptors (Lipinski definition) is 2. The Balaban J connectivity index is 1.29. The van der Waals surface area contributed by atoms with Crippen LogP contribution in [0.15, 0.2) is 128 Å². The summed E-state index contributed by atoms with van der Waals surface area (Å²) in [5, 5.41) is 2.74. The fourth-order valence-electron chi connectivity index (χ4n) is 6.38. The quantitative estimate of drug-likeness (QED) is 0.240. The van der Waals surface area contributed by atoms with E-state index in [1.54, 1.807) is 0 Å². The highest BCUT2D eigenvalue weighted by molar-refractivity contribution is 6.21. The van der Waals surface area contributed by atoms with E-state index in [1.807, 2.05) is 24.4 Å². The predicted octanol–water partition coefficient (Wildman–Crippen LogP) is 9.98. The van der Waals surface area contributed by atoms with Gasteiger partial charge in [0, 0.05) is 17.6 Å². The maximum Gasteiger partial charge on any atom is 0.137 e. The van der Waals surface area contributed by atoms with E-state index < -0.39 is 0 Å². The number of hydrogen-bond donors (Lipinski definition) is 0. The second-order valence-corrected chi connectivity index (χ2v) is 10.3. The van der Waals surface area contributed by atoms with Crippen molar-refractivity contribution in [2.45, 2.75) is 12.8 Å². The van der Waals surface area contributed by atoms with Crippen LogP contribution in [0.25, 0.3) is 50.2 Å². The van der Waals surface area contributed by atoms with Gasteiger partial charge in [0.05, 0.1) is 0 Å². The van der Waals surface area contributed by atoms with E-state index in [0.29, 0.717) is 0 Å². The van der Waals surface area contributed by atoms with Gasteiger partial charge < -0.3 is 0 Å². The van der Waals surface area contributed by atoms with E-state index in [4.69, 9.17) is 0 Å². The van der Waals surface area contributed by atoms with E-state index in [-0.39, 0.29) is 0 Å². The Labute approximate surface area is 228 Å². The molecule has 0 unspecified atom stereocenters. The predicted molar refractivity (Wildman–Crippen MR) is 164 cm³/mol. The Morgan fingerprint density at radius 2 is 1.36 bits per heavy atom. The molecule has 0 amide bonds. The van der Waals surface area contributed by atoms with Crippen LogP contribution in [0, 0.1) is 0 Å². The molecule has 0 bridgehead atoms. The van der Waals surface area contributed by atoms with Crippen LogP contribution in [0.4, 0.5) is 17.2 Å². The summed E-state index contributed by atoms with van der Waals surface area (Å²) in [5.74, 6) is 0.902. The standard InChI is InChI=1S/C37H26N2/c1-2-11-27(12-3-1)39(35-16-8-9-23-38-35)28-19-17-25(18-20-28)29-21-22-33-31-14-6-7-15-32(31)36-30-13-5-4-10-26(30)24-34(29)37(33)36/h1-3,5-9,11-24H,4,10H2. The molecule has 0 saturated carbocycles. The molecular formula is C37H26N2. The van der Waals surface area contributed by atoms with Crippen molar-refractivity contribution in [3.63, 3.8) is 0 Å². The van der Waals surface area contributed by atoms with Gasteiger partial charge in [0.15, 0.2) is 0 Å². The fourth-order valence-corrected chi connectivity index (χ4v) is 6.38. The minimum absolute atomic E-state index is 0.902. The Kier molecular flexibility index (Phi) is 4.99. The van der Waals surface area contributed by atoms with Gasteiger partial charge in [-0.25, -0.2) is 4.98 Å². The molecule has 39 heavy (non-hydrogen) atoms. The van der Waals surface area contributed by atoms with E-state index in [9.17, 15) is 0 Å². The average molecular weight is 499 g/mol. The van der Waals surface area contributed by atoms with Crippen LogP contribution in [-0.4, -0.2) is 4.98 Å². The lowest BCUT2D eigenvalue weighted by Crippen LogP contribution is -2.11. The summed E-state index contributed by atoms with van der Waals surface area (Å²) in [4.78, 5) is 6.87. The summed E-state index contributed by atoms with van der Waals surface area (Å²) < 4.78 is 0. The summed E-state index contributed by atoms with van der Waals surface area (Å²) in [6.45, 7) is 0. The molecule has 2 nitrogen and oxygen atoms in total. The fraction of sp³-hybridized carbons (Fsp3) is 0.0541. The molecule has 0 spiro atoms. The molecule has 0 atom stereocenters. The zero-order chi connectivity index (χ0) is 25.8. The van der Waals surface area contributed by atoms with Gasteiger partial charge in [-0.3, -0.25) is 4.90 Å². The van der Waals surface area contributed by atoms with Crippen molar-refractivity contribution in [2.75, 3.05) is 4.90 Å². The third-order valence-electron chi connectivity index (χ3n) is 8.11. The average Bonchev–Trinajstić information content (AvgIpc) is 3.35. The van der Waals surface area contributed by atoms with Crippen molar-refractivity contribution in [1.29, 1.82) is 0 Å². The number of rotatable bonds is 4. The van der Waals surface area contributed by atoms with Crippen LogP contribution in [-0.2, 0) is 6.42 Å².